The van der Waals surface area contributed by atoms with E-state index >= 15 is 0 Å². The topological polar surface area (TPSA) is 84.2 Å². The van der Waals surface area contributed by atoms with E-state index in [0.717, 1.165) is 19.3 Å². The Morgan fingerprint density at radius 1 is 1.12 bits per heavy atom. The van der Waals surface area contributed by atoms with Crippen LogP contribution in [0, 0.1) is 0 Å². The van der Waals surface area contributed by atoms with Gasteiger partial charge in [-0.3, -0.25) is 15.0 Å². The zero-order chi connectivity index (χ0) is 11.5. The van der Waals surface area contributed by atoms with Gasteiger partial charge in [0.2, 0.25) is 0 Å². The lowest BCUT2D eigenvalue weighted by molar-refractivity contribution is -0.136. The molecule has 0 radical (unpaired) electrons. The molecule has 0 atom stereocenters. The van der Waals surface area contributed by atoms with Crippen molar-refractivity contribution in [2.45, 2.75) is 19.3 Å². The van der Waals surface area contributed by atoms with Crippen LogP contribution in [0.3, 0.4) is 0 Å². The molecule has 1 aliphatic rings. The highest BCUT2D eigenvalue weighted by atomic mass is 16.2. The Kier molecular flexibility index (Phi) is 2.87. The lowest BCUT2D eigenvalue weighted by Crippen LogP contribution is -2.39. The normalized spacial score (nSPS) is 13.1. The van der Waals surface area contributed by atoms with Crippen molar-refractivity contribution in [3.05, 3.63) is 29.3 Å². The number of benzene rings is 1. The molecule has 0 unspecified atom stereocenters. The van der Waals surface area contributed by atoms with Crippen LogP contribution in [0.2, 0.25) is 0 Å². The molecule has 4 N–H and O–H groups in total. The molecule has 0 saturated heterocycles. The highest BCUT2D eigenvalue weighted by Gasteiger charge is 2.14. The Hall–Kier alpha value is -1.88. The van der Waals surface area contributed by atoms with Crippen LogP contribution in [0.25, 0.3) is 0 Å². The van der Waals surface area contributed by atoms with E-state index in [1.165, 1.54) is 11.1 Å². The van der Waals surface area contributed by atoms with Crippen LogP contribution >= 0.6 is 0 Å². The van der Waals surface area contributed by atoms with Gasteiger partial charge in [-0.05, 0) is 42.5 Å². The first-order chi connectivity index (χ1) is 7.70. The predicted molar refractivity (Wildman–Crippen MR) is 59.4 cm³/mol. The first kappa shape index (κ1) is 10.6. The maximum atomic E-state index is 11.2. The first-order valence-corrected chi connectivity index (χ1v) is 5.14. The minimum Gasteiger partial charge on any atom is -0.318 e. The van der Waals surface area contributed by atoms with Gasteiger partial charge in [0, 0.05) is 5.69 Å². The minimum atomic E-state index is -0.847. The molecule has 0 bridgehead atoms. The fraction of sp³-hybridized carbons (Fsp3) is 0.273. The smallest absolute Gasteiger partial charge is 0.318 e. The number of hydrogen-bond donors (Lipinski definition) is 3. The van der Waals surface area contributed by atoms with E-state index in [2.05, 4.69) is 5.32 Å². The zero-order valence-electron chi connectivity index (χ0n) is 8.75. The largest absolute Gasteiger partial charge is 0.323 e. The maximum absolute atomic E-state index is 11.2. The molecule has 1 aliphatic carbocycles. The molecule has 2 rings (SSSR count). The van der Waals surface area contributed by atoms with Gasteiger partial charge in [-0.2, -0.15) is 0 Å². The third-order valence-corrected chi connectivity index (χ3v) is 2.69. The number of nitrogens with one attached hydrogen (secondary N) is 2. The number of carbonyl (C=O) groups is 2. The maximum Gasteiger partial charge on any atom is 0.323 e. The highest BCUT2D eigenvalue weighted by Crippen LogP contribution is 2.24. The van der Waals surface area contributed by atoms with Crippen LogP contribution < -0.4 is 16.6 Å². The lowest BCUT2D eigenvalue weighted by Gasteiger charge is -2.06. The highest BCUT2D eigenvalue weighted by molar-refractivity contribution is 6.39. The van der Waals surface area contributed by atoms with E-state index in [1.54, 1.807) is 11.5 Å². The molecular formula is C11H13N3O2. The third kappa shape index (κ3) is 2.04. The number of carbonyl (C=O) groups excluding carboxylic acids is 2. The van der Waals surface area contributed by atoms with Crippen molar-refractivity contribution < 1.29 is 9.59 Å². The molecule has 16 heavy (non-hydrogen) atoms. The Bertz CT molecular complexity index is 443. The molecule has 1 aromatic rings. The minimum absolute atomic E-state index is 0.634. The molecule has 0 fully saturated rings. The second kappa shape index (κ2) is 4.32. The molecule has 84 valence electrons. The van der Waals surface area contributed by atoms with E-state index in [0.29, 0.717) is 5.69 Å². The summed E-state index contributed by atoms with van der Waals surface area (Å²) in [5.74, 6) is 3.26. The lowest BCUT2D eigenvalue weighted by atomic mass is 10.1. The fourth-order valence-electron chi connectivity index (χ4n) is 1.90. The number of amides is 2. The van der Waals surface area contributed by atoms with Gasteiger partial charge in [-0.15, -0.1) is 0 Å². The van der Waals surface area contributed by atoms with Crippen molar-refractivity contribution in [3.8, 4) is 0 Å². The second-order valence-electron chi connectivity index (χ2n) is 3.76. The average molecular weight is 219 g/mol. The number of anilines is 1. The molecule has 2 amide bonds. The van der Waals surface area contributed by atoms with Gasteiger partial charge in [0.15, 0.2) is 0 Å². The van der Waals surface area contributed by atoms with Gasteiger partial charge in [0.1, 0.15) is 0 Å². The van der Waals surface area contributed by atoms with Crippen LogP contribution in [-0.4, -0.2) is 11.8 Å². The second-order valence-corrected chi connectivity index (χ2v) is 3.76. The average Bonchev–Trinajstić information content (AvgIpc) is 2.75. The van der Waals surface area contributed by atoms with E-state index in [9.17, 15) is 9.59 Å². The molecule has 0 aromatic heterocycles. The van der Waals surface area contributed by atoms with Crippen molar-refractivity contribution in [1.82, 2.24) is 5.43 Å². The number of hydrazine groups is 1. The summed E-state index contributed by atoms with van der Waals surface area (Å²) in [5, 5.41) is 2.49. The Labute approximate surface area is 93.0 Å². The summed E-state index contributed by atoms with van der Waals surface area (Å²) in [4.78, 5) is 22.1. The summed E-state index contributed by atoms with van der Waals surface area (Å²) in [6, 6.07) is 5.69. The quantitative estimate of drug-likeness (QED) is 0.271. The van der Waals surface area contributed by atoms with Gasteiger partial charge < -0.3 is 5.32 Å². The standard InChI is InChI=1S/C11H13N3O2/c12-14-11(16)10(15)13-9-5-4-7-2-1-3-8(7)6-9/h4-6H,1-3,12H2,(H,13,15)(H,14,16). The third-order valence-electron chi connectivity index (χ3n) is 2.69. The van der Waals surface area contributed by atoms with Crippen molar-refractivity contribution in [2.24, 2.45) is 5.84 Å². The molecular weight excluding hydrogens is 206 g/mol. The summed E-state index contributed by atoms with van der Waals surface area (Å²) >= 11 is 0. The van der Waals surface area contributed by atoms with Crippen LogP contribution in [-0.2, 0) is 22.4 Å². The van der Waals surface area contributed by atoms with Gasteiger partial charge in [0.25, 0.3) is 0 Å². The van der Waals surface area contributed by atoms with Crippen LogP contribution in [0.4, 0.5) is 5.69 Å². The van der Waals surface area contributed by atoms with Crippen LogP contribution in [0.5, 0.6) is 0 Å². The van der Waals surface area contributed by atoms with E-state index < -0.39 is 11.8 Å². The summed E-state index contributed by atoms with van der Waals surface area (Å²) in [6.45, 7) is 0. The number of aryl methyl sites for hydroxylation is 2. The monoisotopic (exact) mass is 219 g/mol. The van der Waals surface area contributed by atoms with E-state index in [1.807, 2.05) is 12.1 Å². The molecule has 0 aliphatic heterocycles. The van der Waals surface area contributed by atoms with Crippen molar-refractivity contribution in [3.63, 3.8) is 0 Å². The molecule has 0 spiro atoms. The van der Waals surface area contributed by atoms with Gasteiger partial charge >= 0.3 is 11.8 Å². The Morgan fingerprint density at radius 2 is 1.88 bits per heavy atom. The summed E-state index contributed by atoms with van der Waals surface area (Å²) in [7, 11) is 0. The van der Waals surface area contributed by atoms with Gasteiger partial charge in [-0.25, -0.2) is 5.84 Å². The van der Waals surface area contributed by atoms with Crippen molar-refractivity contribution in [2.75, 3.05) is 5.32 Å². The number of hydrogen-bond acceptors (Lipinski definition) is 3. The molecule has 5 nitrogen and oxygen atoms in total. The van der Waals surface area contributed by atoms with Crippen molar-refractivity contribution >= 4 is 17.5 Å². The predicted octanol–water partition coefficient (Wildman–Crippen LogP) is 0.104. The first-order valence-electron chi connectivity index (χ1n) is 5.14. The zero-order valence-corrected chi connectivity index (χ0v) is 8.75. The Morgan fingerprint density at radius 3 is 2.62 bits per heavy atom. The van der Waals surface area contributed by atoms with Crippen molar-refractivity contribution in [1.29, 1.82) is 0 Å². The summed E-state index contributed by atoms with van der Waals surface area (Å²) in [6.07, 6.45) is 3.27. The number of rotatable bonds is 1. The van der Waals surface area contributed by atoms with Crippen LogP contribution in [0.1, 0.15) is 17.5 Å². The molecule has 0 saturated carbocycles. The molecule has 1 aromatic carbocycles. The van der Waals surface area contributed by atoms with Gasteiger partial charge in [-0.1, -0.05) is 6.07 Å². The van der Waals surface area contributed by atoms with E-state index in [4.69, 9.17) is 5.84 Å². The van der Waals surface area contributed by atoms with E-state index in [-0.39, 0.29) is 0 Å². The molecule has 5 heteroatoms. The molecule has 0 heterocycles. The number of nitrogens with two attached hydrogens (primary N) is 1. The summed E-state index contributed by atoms with van der Waals surface area (Å²) < 4.78 is 0. The fourth-order valence-corrected chi connectivity index (χ4v) is 1.90. The van der Waals surface area contributed by atoms with Crippen LogP contribution in [0.15, 0.2) is 18.2 Å². The number of fused-ring (bicyclic) bond motifs is 1. The SMILES string of the molecule is NNC(=O)C(=O)Nc1ccc2c(c1)CCC2. The van der Waals surface area contributed by atoms with Gasteiger partial charge in [0.05, 0.1) is 0 Å². The Balaban J connectivity index is 2.11. The summed E-state index contributed by atoms with van der Waals surface area (Å²) in [5.41, 5.74) is 4.98.